The maximum atomic E-state index is 5.72. The highest BCUT2D eigenvalue weighted by molar-refractivity contribution is 5.44. The van der Waals surface area contributed by atoms with Crippen LogP contribution in [-0.2, 0) is 4.74 Å². The van der Waals surface area contributed by atoms with Crippen molar-refractivity contribution in [2.45, 2.75) is 38.3 Å². The average molecular weight is 280 g/mol. The van der Waals surface area contributed by atoms with E-state index in [2.05, 4.69) is 5.43 Å². The summed E-state index contributed by atoms with van der Waals surface area (Å²) in [6.07, 6.45) is 1.67. The van der Waals surface area contributed by atoms with E-state index in [1.807, 2.05) is 32.0 Å². The van der Waals surface area contributed by atoms with Crippen molar-refractivity contribution >= 4 is 0 Å². The Morgan fingerprint density at radius 3 is 2.65 bits per heavy atom. The van der Waals surface area contributed by atoms with E-state index in [-0.39, 0.29) is 11.6 Å². The van der Waals surface area contributed by atoms with E-state index < -0.39 is 0 Å². The summed E-state index contributed by atoms with van der Waals surface area (Å²) in [7, 11) is 1.71. The van der Waals surface area contributed by atoms with Crippen molar-refractivity contribution < 1.29 is 14.2 Å². The lowest BCUT2D eigenvalue weighted by molar-refractivity contribution is 0.00679. The number of benzene rings is 1. The molecule has 1 aromatic carbocycles. The third-order valence-electron chi connectivity index (χ3n) is 3.62. The van der Waals surface area contributed by atoms with Crippen LogP contribution in [0.15, 0.2) is 18.2 Å². The molecule has 1 aliphatic rings. The molecule has 1 aromatic rings. The fraction of sp³-hybridized carbons (Fsp3) is 0.600. The van der Waals surface area contributed by atoms with Gasteiger partial charge in [-0.25, -0.2) is 0 Å². The van der Waals surface area contributed by atoms with Crippen LogP contribution in [0.1, 0.15) is 38.3 Å². The molecule has 1 aliphatic heterocycles. The van der Waals surface area contributed by atoms with Gasteiger partial charge in [-0.1, -0.05) is 6.07 Å². The highest BCUT2D eigenvalue weighted by Crippen LogP contribution is 2.34. The van der Waals surface area contributed by atoms with E-state index in [0.29, 0.717) is 13.2 Å². The highest BCUT2D eigenvalue weighted by Gasteiger charge is 2.24. The molecule has 5 nitrogen and oxygen atoms in total. The van der Waals surface area contributed by atoms with E-state index in [1.54, 1.807) is 7.11 Å². The van der Waals surface area contributed by atoms with Crippen molar-refractivity contribution in [2.24, 2.45) is 5.84 Å². The average Bonchev–Trinajstić information content (AvgIpc) is 2.69. The zero-order valence-electron chi connectivity index (χ0n) is 12.4. The van der Waals surface area contributed by atoms with E-state index in [0.717, 1.165) is 29.9 Å². The lowest BCUT2D eigenvalue weighted by Gasteiger charge is -2.28. The quantitative estimate of drug-likeness (QED) is 0.639. The van der Waals surface area contributed by atoms with Crippen LogP contribution >= 0.6 is 0 Å². The number of ether oxygens (including phenoxy) is 3. The van der Waals surface area contributed by atoms with E-state index in [9.17, 15) is 0 Å². The molecule has 112 valence electrons. The molecule has 1 unspecified atom stereocenters. The zero-order valence-corrected chi connectivity index (χ0v) is 12.4. The van der Waals surface area contributed by atoms with Crippen molar-refractivity contribution in [1.82, 2.24) is 5.43 Å². The van der Waals surface area contributed by atoms with Gasteiger partial charge in [-0.05, 0) is 38.0 Å². The van der Waals surface area contributed by atoms with Crippen LogP contribution in [0.2, 0.25) is 0 Å². The lowest BCUT2D eigenvalue weighted by Crippen LogP contribution is -2.35. The van der Waals surface area contributed by atoms with Gasteiger partial charge in [-0.3, -0.25) is 11.3 Å². The van der Waals surface area contributed by atoms with Gasteiger partial charge in [-0.2, -0.15) is 0 Å². The Hall–Kier alpha value is -1.30. The first-order valence-electron chi connectivity index (χ1n) is 6.96. The molecule has 5 heteroatoms. The minimum absolute atomic E-state index is 0.00195. The molecular formula is C15H24N2O3. The number of hydrogen-bond acceptors (Lipinski definition) is 5. The summed E-state index contributed by atoms with van der Waals surface area (Å²) >= 11 is 0. The van der Waals surface area contributed by atoms with Crippen LogP contribution in [-0.4, -0.2) is 25.9 Å². The topological polar surface area (TPSA) is 65.7 Å². The van der Waals surface area contributed by atoms with Gasteiger partial charge in [0.15, 0.2) is 11.5 Å². The van der Waals surface area contributed by atoms with Crippen LogP contribution in [0.25, 0.3) is 0 Å². The first kappa shape index (κ1) is 15.1. The minimum Gasteiger partial charge on any atom is -0.490 e. The van der Waals surface area contributed by atoms with E-state index in [1.165, 1.54) is 0 Å². The van der Waals surface area contributed by atoms with Crippen LogP contribution < -0.4 is 20.7 Å². The molecule has 1 atom stereocenters. The van der Waals surface area contributed by atoms with Crippen molar-refractivity contribution in [3.63, 3.8) is 0 Å². The van der Waals surface area contributed by atoms with Gasteiger partial charge in [0.1, 0.15) is 0 Å². The molecule has 2 rings (SSSR count). The summed E-state index contributed by atoms with van der Waals surface area (Å²) in [5, 5.41) is 0. The monoisotopic (exact) mass is 280 g/mol. The predicted octanol–water partition coefficient (Wildman–Crippen LogP) is 2.17. The fourth-order valence-electron chi connectivity index (χ4n) is 2.24. The summed E-state index contributed by atoms with van der Waals surface area (Å²) in [5.74, 6) is 7.28. The number of fused-ring (bicyclic) bond motifs is 1. The molecule has 0 aromatic heterocycles. The van der Waals surface area contributed by atoms with E-state index in [4.69, 9.17) is 20.1 Å². The van der Waals surface area contributed by atoms with Gasteiger partial charge in [0.2, 0.25) is 0 Å². The second-order valence-corrected chi connectivity index (χ2v) is 5.64. The normalized spacial score (nSPS) is 16.6. The van der Waals surface area contributed by atoms with Gasteiger partial charge < -0.3 is 14.2 Å². The van der Waals surface area contributed by atoms with Gasteiger partial charge in [0.05, 0.1) is 18.8 Å². The maximum absolute atomic E-state index is 5.72. The van der Waals surface area contributed by atoms with Crippen LogP contribution in [0.4, 0.5) is 0 Å². The van der Waals surface area contributed by atoms with Crippen LogP contribution in [0, 0.1) is 0 Å². The lowest BCUT2D eigenvalue weighted by atomic mass is 9.94. The molecule has 20 heavy (non-hydrogen) atoms. The fourth-order valence-corrected chi connectivity index (χ4v) is 2.24. The number of hydrogen-bond donors (Lipinski definition) is 2. The molecule has 0 saturated carbocycles. The Labute approximate surface area is 120 Å². The van der Waals surface area contributed by atoms with Crippen molar-refractivity contribution in [1.29, 1.82) is 0 Å². The largest absolute Gasteiger partial charge is 0.490 e. The van der Waals surface area contributed by atoms with Gasteiger partial charge in [-0.15, -0.1) is 0 Å². The Balaban J connectivity index is 2.20. The molecule has 0 bridgehead atoms. The first-order valence-corrected chi connectivity index (χ1v) is 6.96. The summed E-state index contributed by atoms with van der Waals surface area (Å²) < 4.78 is 16.8. The van der Waals surface area contributed by atoms with Crippen molar-refractivity contribution in [2.75, 3.05) is 20.3 Å². The highest BCUT2D eigenvalue weighted by atomic mass is 16.5. The molecule has 0 radical (unpaired) electrons. The van der Waals surface area contributed by atoms with Crippen LogP contribution in [0.3, 0.4) is 0 Å². The molecule has 0 aliphatic carbocycles. The number of methoxy groups -OCH3 is 1. The smallest absolute Gasteiger partial charge is 0.161 e. The first-order chi connectivity index (χ1) is 9.55. The van der Waals surface area contributed by atoms with Crippen LogP contribution in [0.5, 0.6) is 11.5 Å². The molecule has 0 saturated heterocycles. The Morgan fingerprint density at radius 2 is 2.00 bits per heavy atom. The number of nitrogens with two attached hydrogens (primary N) is 1. The van der Waals surface area contributed by atoms with Gasteiger partial charge >= 0.3 is 0 Å². The van der Waals surface area contributed by atoms with Gasteiger partial charge in [0.25, 0.3) is 0 Å². The van der Waals surface area contributed by atoms with Crippen molar-refractivity contribution in [3.8, 4) is 11.5 Å². The maximum Gasteiger partial charge on any atom is 0.161 e. The summed E-state index contributed by atoms with van der Waals surface area (Å²) in [6, 6.07) is 5.96. The van der Waals surface area contributed by atoms with E-state index >= 15 is 0 Å². The summed E-state index contributed by atoms with van der Waals surface area (Å²) in [4.78, 5) is 0. The predicted molar refractivity (Wildman–Crippen MR) is 77.8 cm³/mol. The molecule has 0 spiro atoms. The Kier molecular flexibility index (Phi) is 4.86. The molecule has 3 N–H and O–H groups in total. The molecule has 0 amide bonds. The molecule has 1 heterocycles. The number of nitrogens with one attached hydrogen (secondary N) is 1. The minimum atomic E-state index is -0.249. The zero-order chi connectivity index (χ0) is 14.6. The van der Waals surface area contributed by atoms with Crippen molar-refractivity contribution in [3.05, 3.63) is 23.8 Å². The number of hydrazine groups is 1. The standard InChI is InChI=1S/C15H24N2O3/c1-15(2,18-3)10-12(17-16)11-5-6-13-14(9-11)20-8-4-7-19-13/h5-6,9,12,17H,4,7-8,10,16H2,1-3H3. The summed E-state index contributed by atoms with van der Waals surface area (Å²) in [6.45, 7) is 5.46. The Morgan fingerprint density at radius 1 is 1.30 bits per heavy atom. The molecule has 0 fully saturated rings. The Bertz CT molecular complexity index is 449. The molecular weight excluding hydrogens is 256 g/mol. The third kappa shape index (κ3) is 3.62. The second kappa shape index (κ2) is 6.43. The third-order valence-corrected chi connectivity index (χ3v) is 3.62. The summed E-state index contributed by atoms with van der Waals surface area (Å²) in [5.41, 5.74) is 3.68. The van der Waals surface area contributed by atoms with Gasteiger partial charge in [0, 0.05) is 19.6 Å². The number of rotatable bonds is 5. The SMILES string of the molecule is COC(C)(C)CC(NN)c1ccc2c(c1)OCCCO2. The second-order valence-electron chi connectivity index (χ2n) is 5.64.